The molecule has 1 aromatic carbocycles. The Kier molecular flexibility index (Phi) is 7.04. The summed E-state index contributed by atoms with van der Waals surface area (Å²) in [5.41, 5.74) is 7.93. The van der Waals surface area contributed by atoms with Gasteiger partial charge >= 0.3 is 0 Å². The quantitative estimate of drug-likeness (QED) is 0.490. The number of nitrogens with zero attached hydrogens (tertiary/aromatic N) is 3. The fourth-order valence-electron chi connectivity index (χ4n) is 3.87. The second-order valence-corrected chi connectivity index (χ2v) is 8.37. The van der Waals surface area contributed by atoms with Crippen LogP contribution < -0.4 is 21.3 Å². The van der Waals surface area contributed by atoms with Gasteiger partial charge < -0.3 is 21.3 Å². The number of rotatable bonds is 7. The molecule has 1 saturated heterocycles. The Hall–Kier alpha value is -3.65. The number of hydrogen-bond acceptors (Lipinski definition) is 6. The number of carbonyl (C=O) groups excluding carboxylic acids is 2. The average Bonchev–Trinajstić information content (AvgIpc) is 2.84. The molecule has 1 fully saturated rings. The minimum Gasteiger partial charge on any atom is -0.384 e. The van der Waals surface area contributed by atoms with Crippen LogP contribution in [-0.2, 0) is 0 Å². The first-order valence-corrected chi connectivity index (χ1v) is 11.1. The third kappa shape index (κ3) is 5.78. The van der Waals surface area contributed by atoms with Crippen molar-refractivity contribution in [3.05, 3.63) is 77.2 Å². The first-order valence-electron chi connectivity index (χ1n) is 10.8. The molecule has 1 aliphatic heterocycles. The monoisotopic (exact) mass is 464 g/mol. The molecule has 0 saturated carbocycles. The fraction of sp³-hybridized carbons (Fsp3) is 0.250. The van der Waals surface area contributed by atoms with Gasteiger partial charge in [0.05, 0.1) is 10.6 Å². The second kappa shape index (κ2) is 10.3. The van der Waals surface area contributed by atoms with E-state index in [0.29, 0.717) is 22.3 Å². The van der Waals surface area contributed by atoms with Crippen LogP contribution in [0.4, 0.5) is 17.2 Å². The van der Waals surface area contributed by atoms with Gasteiger partial charge in [-0.2, -0.15) is 0 Å². The molecule has 2 aromatic heterocycles. The average molecular weight is 465 g/mol. The lowest BCUT2D eigenvalue weighted by Gasteiger charge is -2.34. The highest BCUT2D eigenvalue weighted by Crippen LogP contribution is 2.25. The Morgan fingerprint density at radius 1 is 1.09 bits per heavy atom. The summed E-state index contributed by atoms with van der Waals surface area (Å²) < 4.78 is 0. The van der Waals surface area contributed by atoms with Gasteiger partial charge in [-0.1, -0.05) is 23.7 Å². The van der Waals surface area contributed by atoms with Crippen LogP contribution in [-0.4, -0.2) is 41.4 Å². The summed E-state index contributed by atoms with van der Waals surface area (Å²) >= 11 is 5.86. The minimum absolute atomic E-state index is 0.231. The van der Waals surface area contributed by atoms with Crippen LogP contribution in [0.1, 0.15) is 33.7 Å². The maximum absolute atomic E-state index is 12.8. The lowest BCUT2D eigenvalue weighted by Crippen LogP contribution is -2.36. The van der Waals surface area contributed by atoms with Crippen LogP contribution in [0, 0.1) is 5.92 Å². The Bertz CT molecular complexity index is 1130. The number of amides is 2. The number of pyridine rings is 2. The number of primary amides is 1. The van der Waals surface area contributed by atoms with Crippen LogP contribution in [0.25, 0.3) is 0 Å². The van der Waals surface area contributed by atoms with E-state index >= 15 is 0 Å². The number of para-hydroxylation sites is 1. The third-order valence-corrected chi connectivity index (χ3v) is 5.92. The summed E-state index contributed by atoms with van der Waals surface area (Å²) in [6.45, 7) is 2.51. The van der Waals surface area contributed by atoms with Crippen molar-refractivity contribution in [3.8, 4) is 0 Å². The van der Waals surface area contributed by atoms with Gasteiger partial charge in [0.1, 0.15) is 11.5 Å². The fourth-order valence-corrected chi connectivity index (χ4v) is 3.98. The predicted octanol–water partition coefficient (Wildman–Crippen LogP) is 3.81. The largest absolute Gasteiger partial charge is 0.384 e. The zero-order valence-corrected chi connectivity index (χ0v) is 18.8. The maximum atomic E-state index is 12.8. The molecule has 0 aliphatic carbocycles. The summed E-state index contributed by atoms with van der Waals surface area (Å²) in [4.78, 5) is 34.5. The molecule has 0 spiro atoms. The predicted molar refractivity (Wildman–Crippen MR) is 130 cm³/mol. The van der Waals surface area contributed by atoms with E-state index in [0.717, 1.165) is 43.9 Å². The van der Waals surface area contributed by atoms with Crippen molar-refractivity contribution in [2.24, 2.45) is 11.7 Å². The molecule has 0 atom stereocenters. The Labute approximate surface area is 197 Å². The van der Waals surface area contributed by atoms with Crippen molar-refractivity contribution in [3.63, 3.8) is 0 Å². The molecule has 1 aliphatic rings. The second-order valence-electron chi connectivity index (χ2n) is 7.94. The van der Waals surface area contributed by atoms with Crippen LogP contribution in [0.3, 0.4) is 0 Å². The number of halogens is 1. The number of benzene rings is 1. The summed E-state index contributed by atoms with van der Waals surface area (Å²) in [6, 6.07) is 14.4. The summed E-state index contributed by atoms with van der Waals surface area (Å²) in [5.74, 6) is 0.158. The maximum Gasteiger partial charge on any atom is 0.267 e. The van der Waals surface area contributed by atoms with Crippen molar-refractivity contribution >= 4 is 40.6 Å². The molecule has 3 aromatic rings. The number of carbonyl (C=O) groups is 2. The van der Waals surface area contributed by atoms with E-state index in [-0.39, 0.29) is 11.6 Å². The highest BCUT2D eigenvalue weighted by molar-refractivity contribution is 6.30. The minimum atomic E-state index is -0.523. The summed E-state index contributed by atoms with van der Waals surface area (Å²) in [6.07, 6.45) is 5.09. The van der Waals surface area contributed by atoms with Crippen LogP contribution >= 0.6 is 11.6 Å². The Morgan fingerprint density at radius 3 is 2.61 bits per heavy atom. The van der Waals surface area contributed by atoms with Gasteiger partial charge in [-0.3, -0.25) is 14.6 Å². The number of nitrogens with one attached hydrogen (secondary N) is 2. The van der Waals surface area contributed by atoms with Gasteiger partial charge in [-0.05, 0) is 55.2 Å². The molecule has 9 heteroatoms. The van der Waals surface area contributed by atoms with Crippen molar-refractivity contribution < 1.29 is 9.59 Å². The van der Waals surface area contributed by atoms with E-state index in [1.165, 1.54) is 6.20 Å². The highest BCUT2D eigenvalue weighted by Gasteiger charge is 2.21. The molecule has 0 bridgehead atoms. The van der Waals surface area contributed by atoms with Gasteiger partial charge in [-0.25, -0.2) is 4.98 Å². The lowest BCUT2D eigenvalue weighted by molar-refractivity contribution is 0.0993. The molecule has 0 radical (unpaired) electrons. The molecular formula is C24H25ClN6O2. The standard InChI is InChI=1S/C24H25ClN6O2/c25-17-5-6-22(29-15-17)30-24(33)19-3-1-2-4-20(19)28-14-16-8-11-31(12-9-16)18-7-10-27-21(13-18)23(26)32/h1-7,10,13,15-16,28H,8-9,11-12,14H2,(H2,26,32)(H,29,30,33). The lowest BCUT2D eigenvalue weighted by atomic mass is 9.96. The topological polar surface area (TPSA) is 113 Å². The van der Waals surface area contributed by atoms with E-state index < -0.39 is 5.91 Å². The number of hydrogen-bond donors (Lipinski definition) is 3. The normalized spacial score (nSPS) is 14.0. The summed E-state index contributed by atoms with van der Waals surface area (Å²) in [5, 5.41) is 6.76. The zero-order chi connectivity index (χ0) is 23.2. The SMILES string of the molecule is NC(=O)c1cc(N2CCC(CNc3ccccc3C(=O)Nc3ccc(Cl)cn3)CC2)ccn1. The molecule has 4 N–H and O–H groups in total. The van der Waals surface area contributed by atoms with E-state index in [4.69, 9.17) is 17.3 Å². The zero-order valence-electron chi connectivity index (χ0n) is 18.0. The van der Waals surface area contributed by atoms with Gasteiger partial charge in [0.25, 0.3) is 11.8 Å². The van der Waals surface area contributed by atoms with Gasteiger partial charge in [0.2, 0.25) is 0 Å². The van der Waals surface area contributed by atoms with E-state index in [1.807, 2.05) is 24.3 Å². The van der Waals surface area contributed by atoms with Crippen molar-refractivity contribution in [1.29, 1.82) is 0 Å². The number of nitrogens with two attached hydrogens (primary N) is 1. The van der Waals surface area contributed by atoms with Crippen LogP contribution in [0.5, 0.6) is 0 Å². The third-order valence-electron chi connectivity index (χ3n) is 5.70. The van der Waals surface area contributed by atoms with Crippen LogP contribution in [0.2, 0.25) is 5.02 Å². The molecule has 3 heterocycles. The Balaban J connectivity index is 1.33. The molecule has 8 nitrogen and oxygen atoms in total. The molecule has 4 rings (SSSR count). The van der Waals surface area contributed by atoms with Crippen molar-refractivity contribution in [2.75, 3.05) is 35.2 Å². The van der Waals surface area contributed by atoms with Crippen LogP contribution in [0.15, 0.2) is 60.9 Å². The first kappa shape index (κ1) is 22.5. The molecule has 0 unspecified atom stereocenters. The Morgan fingerprint density at radius 2 is 1.88 bits per heavy atom. The van der Waals surface area contributed by atoms with Crippen molar-refractivity contribution in [2.45, 2.75) is 12.8 Å². The number of anilines is 3. The van der Waals surface area contributed by atoms with E-state index in [2.05, 4.69) is 25.5 Å². The highest BCUT2D eigenvalue weighted by atomic mass is 35.5. The number of aromatic nitrogens is 2. The van der Waals surface area contributed by atoms with Crippen molar-refractivity contribution in [1.82, 2.24) is 9.97 Å². The van der Waals surface area contributed by atoms with Gasteiger partial charge in [0, 0.05) is 43.4 Å². The molecule has 2 amide bonds. The first-order chi connectivity index (χ1) is 16.0. The van der Waals surface area contributed by atoms with Gasteiger partial charge in [0.15, 0.2) is 0 Å². The molecule has 170 valence electrons. The summed E-state index contributed by atoms with van der Waals surface area (Å²) in [7, 11) is 0. The van der Waals surface area contributed by atoms with Gasteiger partial charge in [-0.15, -0.1) is 0 Å². The molecular weight excluding hydrogens is 440 g/mol. The van der Waals surface area contributed by atoms with E-state index in [9.17, 15) is 9.59 Å². The smallest absolute Gasteiger partial charge is 0.267 e. The molecule has 33 heavy (non-hydrogen) atoms. The number of piperidine rings is 1. The van der Waals surface area contributed by atoms with E-state index in [1.54, 1.807) is 30.5 Å².